The monoisotopic (exact) mass is 510 g/mol. The van der Waals surface area contributed by atoms with Gasteiger partial charge in [-0.2, -0.15) is 18.4 Å². The van der Waals surface area contributed by atoms with Crippen molar-refractivity contribution in [2.45, 2.75) is 6.18 Å². The summed E-state index contributed by atoms with van der Waals surface area (Å²) in [6, 6.07) is 32.3. The van der Waals surface area contributed by atoms with Crippen LogP contribution in [0.1, 0.15) is 22.3 Å². The van der Waals surface area contributed by atoms with Crippen LogP contribution in [0.3, 0.4) is 0 Å². The number of nitriles is 1. The van der Waals surface area contributed by atoms with Crippen molar-refractivity contribution < 1.29 is 23.1 Å². The highest BCUT2D eigenvalue weighted by Crippen LogP contribution is 2.35. The van der Waals surface area contributed by atoms with Gasteiger partial charge in [0.25, 0.3) is 0 Å². The van der Waals surface area contributed by atoms with Crippen molar-refractivity contribution in [2.24, 2.45) is 0 Å². The van der Waals surface area contributed by atoms with Crippen molar-refractivity contribution in [3.05, 3.63) is 131 Å². The van der Waals surface area contributed by atoms with Gasteiger partial charge in [-0.3, -0.25) is 0 Å². The zero-order chi connectivity index (χ0) is 27.1. The molecule has 0 fully saturated rings. The van der Waals surface area contributed by atoms with Crippen LogP contribution >= 0.6 is 0 Å². The lowest BCUT2D eigenvalue weighted by molar-refractivity contribution is -0.138. The Bertz CT molecular complexity index is 1480. The summed E-state index contributed by atoms with van der Waals surface area (Å²) >= 11 is 0. The standard InChI is InChI=1S/C31H21F3N2O2/c32-31(33,34)29-19-23(13-16-24(29)20-25(21-35)30(37)38)12-11-22-14-17-28(18-15-22)36(26-7-3-1-4-8-26)27-9-5-2-6-10-27/h1-20H,(H,37,38)/b12-11+,25-20+. The smallest absolute Gasteiger partial charge is 0.417 e. The molecule has 1 N–H and O–H groups in total. The fraction of sp³-hybridized carbons (Fsp3) is 0.0323. The van der Waals surface area contributed by atoms with Gasteiger partial charge in [0.05, 0.1) is 5.56 Å². The van der Waals surface area contributed by atoms with E-state index in [9.17, 15) is 18.0 Å². The van der Waals surface area contributed by atoms with Crippen LogP contribution in [0, 0.1) is 11.3 Å². The number of anilines is 3. The van der Waals surface area contributed by atoms with Crippen molar-refractivity contribution in [3.63, 3.8) is 0 Å². The number of rotatable bonds is 7. The third kappa shape index (κ3) is 6.18. The van der Waals surface area contributed by atoms with E-state index in [0.29, 0.717) is 0 Å². The molecule has 4 nitrogen and oxygen atoms in total. The Morgan fingerprint density at radius 2 is 1.26 bits per heavy atom. The maximum absolute atomic E-state index is 13.7. The van der Waals surface area contributed by atoms with Crippen molar-refractivity contribution in [1.82, 2.24) is 0 Å². The molecule has 0 unspecified atom stereocenters. The number of carboxylic acids is 1. The molecule has 0 atom stereocenters. The van der Waals surface area contributed by atoms with E-state index in [1.165, 1.54) is 12.1 Å². The van der Waals surface area contributed by atoms with E-state index in [-0.39, 0.29) is 11.1 Å². The molecule has 0 aliphatic carbocycles. The lowest BCUT2D eigenvalue weighted by Crippen LogP contribution is -2.09. The number of nitrogens with zero attached hydrogens (tertiary/aromatic N) is 2. The molecule has 0 bridgehead atoms. The predicted molar refractivity (Wildman–Crippen MR) is 143 cm³/mol. The highest BCUT2D eigenvalue weighted by atomic mass is 19.4. The molecule has 7 heteroatoms. The van der Waals surface area contributed by atoms with Gasteiger partial charge in [0.1, 0.15) is 11.6 Å². The Morgan fingerprint density at radius 1 is 0.763 bits per heavy atom. The third-order valence-corrected chi connectivity index (χ3v) is 5.68. The van der Waals surface area contributed by atoms with Gasteiger partial charge < -0.3 is 10.0 Å². The van der Waals surface area contributed by atoms with E-state index in [0.717, 1.165) is 40.8 Å². The number of para-hydroxylation sites is 2. The molecule has 38 heavy (non-hydrogen) atoms. The minimum absolute atomic E-state index is 0.280. The SMILES string of the molecule is N#C/C(=C\c1ccc(/C=C/c2ccc(N(c3ccccc3)c3ccccc3)cc2)cc1C(F)(F)F)C(=O)O. The van der Waals surface area contributed by atoms with E-state index in [1.807, 2.05) is 84.9 Å². The van der Waals surface area contributed by atoms with Gasteiger partial charge in [0.2, 0.25) is 0 Å². The first kappa shape index (κ1) is 26.0. The molecule has 0 aromatic heterocycles. The molecule has 4 rings (SSSR count). The minimum atomic E-state index is -4.73. The molecular formula is C31H21F3N2O2. The van der Waals surface area contributed by atoms with Crippen molar-refractivity contribution in [3.8, 4) is 6.07 Å². The molecule has 0 saturated carbocycles. The minimum Gasteiger partial charge on any atom is -0.477 e. The molecule has 0 amide bonds. The van der Waals surface area contributed by atoms with E-state index in [1.54, 1.807) is 12.2 Å². The first-order valence-corrected chi connectivity index (χ1v) is 11.5. The molecule has 4 aromatic rings. The van der Waals surface area contributed by atoms with Crippen molar-refractivity contribution in [1.29, 1.82) is 5.26 Å². The maximum atomic E-state index is 13.7. The summed E-state index contributed by atoms with van der Waals surface area (Å²) in [5, 5.41) is 17.9. The molecular weight excluding hydrogens is 489 g/mol. The number of alkyl halides is 3. The Hall–Kier alpha value is -5.09. The summed E-state index contributed by atoms with van der Waals surface area (Å²) in [6.07, 6.45) is -0.758. The fourth-order valence-corrected chi connectivity index (χ4v) is 3.87. The quantitative estimate of drug-likeness (QED) is 0.154. The second-order valence-corrected chi connectivity index (χ2v) is 8.25. The Morgan fingerprint density at radius 3 is 1.76 bits per heavy atom. The molecule has 0 saturated heterocycles. The predicted octanol–water partition coefficient (Wildman–Crippen LogP) is 8.34. The number of carbonyl (C=O) groups is 1. The average Bonchev–Trinajstić information content (AvgIpc) is 2.92. The number of hydrogen-bond acceptors (Lipinski definition) is 3. The van der Waals surface area contributed by atoms with Gasteiger partial charge in [-0.25, -0.2) is 4.79 Å². The van der Waals surface area contributed by atoms with Crippen LogP contribution in [0.15, 0.2) is 109 Å². The highest BCUT2D eigenvalue weighted by Gasteiger charge is 2.33. The molecule has 0 aliphatic heterocycles. The van der Waals surface area contributed by atoms with Gasteiger partial charge in [0, 0.05) is 17.1 Å². The number of aliphatic carboxylic acids is 1. The van der Waals surface area contributed by atoms with Crippen LogP contribution in [0.5, 0.6) is 0 Å². The Kier molecular flexibility index (Phi) is 7.74. The molecule has 4 aromatic carbocycles. The summed E-state index contributed by atoms with van der Waals surface area (Å²) in [5.74, 6) is -1.59. The van der Waals surface area contributed by atoms with E-state index in [2.05, 4.69) is 4.90 Å². The summed E-state index contributed by atoms with van der Waals surface area (Å²) < 4.78 is 41.0. The van der Waals surface area contributed by atoms with Crippen molar-refractivity contribution >= 4 is 41.3 Å². The first-order valence-electron chi connectivity index (χ1n) is 11.5. The average molecular weight is 511 g/mol. The Labute approximate surface area is 217 Å². The molecule has 0 aliphatic rings. The van der Waals surface area contributed by atoms with Gasteiger partial charge in [-0.1, -0.05) is 72.8 Å². The fourth-order valence-electron chi connectivity index (χ4n) is 3.87. The second kappa shape index (κ2) is 11.3. The summed E-state index contributed by atoms with van der Waals surface area (Å²) in [5.41, 5.74) is 1.76. The molecule has 0 radical (unpaired) electrons. The largest absolute Gasteiger partial charge is 0.477 e. The van der Waals surface area contributed by atoms with Crippen molar-refractivity contribution in [2.75, 3.05) is 4.90 Å². The van der Waals surface area contributed by atoms with Gasteiger partial charge in [0.15, 0.2) is 0 Å². The molecule has 188 valence electrons. The van der Waals surface area contributed by atoms with Crippen LogP contribution < -0.4 is 4.90 Å². The maximum Gasteiger partial charge on any atom is 0.417 e. The van der Waals surface area contributed by atoms with E-state index in [4.69, 9.17) is 10.4 Å². The number of benzene rings is 4. The normalized spacial score (nSPS) is 11.8. The van der Waals surface area contributed by atoms with Crippen LogP contribution in [-0.4, -0.2) is 11.1 Å². The zero-order valence-electron chi connectivity index (χ0n) is 19.9. The molecule has 0 spiro atoms. The number of halogens is 3. The molecule has 0 heterocycles. The zero-order valence-corrected chi connectivity index (χ0v) is 19.9. The third-order valence-electron chi connectivity index (χ3n) is 5.68. The second-order valence-electron chi connectivity index (χ2n) is 8.25. The Balaban J connectivity index is 1.63. The highest BCUT2D eigenvalue weighted by molar-refractivity contribution is 5.96. The number of carboxylic acid groups (broad SMARTS) is 1. The van der Waals surface area contributed by atoms with Gasteiger partial charge in [-0.15, -0.1) is 0 Å². The van der Waals surface area contributed by atoms with Crippen LogP contribution in [0.4, 0.5) is 30.2 Å². The number of hydrogen-bond donors (Lipinski definition) is 1. The van der Waals surface area contributed by atoms with Crippen LogP contribution in [0.2, 0.25) is 0 Å². The lowest BCUT2D eigenvalue weighted by Gasteiger charge is -2.25. The van der Waals surface area contributed by atoms with Gasteiger partial charge in [-0.05, 0) is 65.2 Å². The van der Waals surface area contributed by atoms with Crippen LogP contribution in [-0.2, 0) is 11.0 Å². The van der Waals surface area contributed by atoms with Gasteiger partial charge >= 0.3 is 12.1 Å². The first-order chi connectivity index (χ1) is 18.3. The summed E-state index contributed by atoms with van der Waals surface area (Å²) in [7, 11) is 0. The van der Waals surface area contributed by atoms with E-state index < -0.39 is 23.3 Å². The van der Waals surface area contributed by atoms with Crippen LogP contribution in [0.25, 0.3) is 18.2 Å². The summed E-state index contributed by atoms with van der Waals surface area (Å²) in [6.45, 7) is 0. The summed E-state index contributed by atoms with van der Waals surface area (Å²) in [4.78, 5) is 13.2. The topological polar surface area (TPSA) is 64.3 Å². The lowest BCUT2D eigenvalue weighted by atomic mass is 10.0. The van der Waals surface area contributed by atoms with E-state index >= 15 is 0 Å².